The monoisotopic (exact) mass is 274 g/mol. The van der Waals surface area contributed by atoms with Crippen molar-refractivity contribution in [1.29, 1.82) is 0 Å². The van der Waals surface area contributed by atoms with Gasteiger partial charge in [0.2, 0.25) is 0 Å². The average molecular weight is 274 g/mol. The Kier molecular flexibility index (Phi) is 3.54. The molecule has 2 unspecified atom stereocenters. The minimum Gasteiger partial charge on any atom is -0.316 e. The molecule has 2 saturated heterocycles. The SMILES string of the molecule is C[Si](C)(C)c1ccc(CN2CC3CNCC3C2)cc1. The van der Waals surface area contributed by atoms with E-state index in [1.165, 1.54) is 31.7 Å². The van der Waals surface area contributed by atoms with E-state index < -0.39 is 8.07 Å². The molecule has 2 aliphatic heterocycles. The summed E-state index contributed by atoms with van der Waals surface area (Å²) >= 11 is 0. The molecule has 104 valence electrons. The van der Waals surface area contributed by atoms with Gasteiger partial charge in [-0.05, 0) is 30.5 Å². The average Bonchev–Trinajstić information content (AvgIpc) is 2.89. The number of hydrogen-bond acceptors (Lipinski definition) is 2. The van der Waals surface area contributed by atoms with Crippen molar-refractivity contribution in [1.82, 2.24) is 10.2 Å². The summed E-state index contributed by atoms with van der Waals surface area (Å²) in [4.78, 5) is 2.64. The van der Waals surface area contributed by atoms with Crippen LogP contribution in [0.2, 0.25) is 19.6 Å². The van der Waals surface area contributed by atoms with Crippen LogP contribution in [0, 0.1) is 11.8 Å². The number of rotatable bonds is 3. The van der Waals surface area contributed by atoms with Crippen molar-refractivity contribution in [2.75, 3.05) is 26.2 Å². The molecule has 0 amide bonds. The fourth-order valence-corrected chi connectivity index (χ4v) is 4.62. The Hall–Kier alpha value is -0.643. The molecular weight excluding hydrogens is 248 g/mol. The van der Waals surface area contributed by atoms with Gasteiger partial charge in [-0.15, -0.1) is 0 Å². The van der Waals surface area contributed by atoms with Crippen LogP contribution in [0.25, 0.3) is 0 Å². The van der Waals surface area contributed by atoms with Crippen LogP contribution in [0.4, 0.5) is 0 Å². The number of likely N-dealkylation sites (tertiary alicyclic amines) is 1. The number of nitrogens with zero attached hydrogens (tertiary/aromatic N) is 1. The van der Waals surface area contributed by atoms with E-state index in [0.717, 1.165) is 18.4 Å². The zero-order valence-electron chi connectivity index (χ0n) is 12.4. The summed E-state index contributed by atoms with van der Waals surface area (Å²) < 4.78 is 0. The molecule has 19 heavy (non-hydrogen) atoms. The van der Waals surface area contributed by atoms with Crippen LogP contribution in [-0.4, -0.2) is 39.2 Å². The van der Waals surface area contributed by atoms with Crippen LogP contribution >= 0.6 is 0 Å². The maximum absolute atomic E-state index is 3.51. The molecule has 2 nitrogen and oxygen atoms in total. The molecule has 1 aromatic carbocycles. The van der Waals surface area contributed by atoms with E-state index in [9.17, 15) is 0 Å². The summed E-state index contributed by atoms with van der Waals surface area (Å²) in [5.41, 5.74) is 1.48. The van der Waals surface area contributed by atoms with Crippen LogP contribution in [0.15, 0.2) is 24.3 Å². The van der Waals surface area contributed by atoms with Crippen molar-refractivity contribution in [2.24, 2.45) is 11.8 Å². The van der Waals surface area contributed by atoms with E-state index in [1.54, 1.807) is 5.19 Å². The standard InChI is InChI=1S/C16H26N2Si/c1-19(2,3)16-6-4-13(5-7-16)10-18-11-14-8-17-9-15(14)12-18/h4-7,14-15,17H,8-12H2,1-3H3. The van der Waals surface area contributed by atoms with Crippen molar-refractivity contribution in [3.8, 4) is 0 Å². The Labute approximate surface area is 118 Å². The lowest BCUT2D eigenvalue weighted by atomic mass is 10.0. The number of fused-ring (bicyclic) bond motifs is 1. The van der Waals surface area contributed by atoms with Gasteiger partial charge in [-0.2, -0.15) is 0 Å². The minimum absolute atomic E-state index is 0.904. The predicted molar refractivity (Wildman–Crippen MR) is 84.5 cm³/mol. The summed E-state index contributed by atoms with van der Waals surface area (Å²) in [5.74, 6) is 1.81. The largest absolute Gasteiger partial charge is 0.316 e. The molecule has 3 heteroatoms. The maximum Gasteiger partial charge on any atom is 0.0775 e. The Bertz CT molecular complexity index is 423. The van der Waals surface area contributed by atoms with E-state index in [0.29, 0.717) is 0 Å². The van der Waals surface area contributed by atoms with Gasteiger partial charge in [-0.3, -0.25) is 4.90 Å². The highest BCUT2D eigenvalue weighted by Crippen LogP contribution is 2.27. The molecule has 0 aromatic heterocycles. The highest BCUT2D eigenvalue weighted by atomic mass is 28.3. The Morgan fingerprint density at radius 3 is 2.16 bits per heavy atom. The third-order valence-corrected chi connectivity index (χ3v) is 6.76. The van der Waals surface area contributed by atoms with Gasteiger partial charge < -0.3 is 5.32 Å². The predicted octanol–water partition coefficient (Wildman–Crippen LogP) is 1.88. The van der Waals surface area contributed by atoms with Gasteiger partial charge in [0.15, 0.2) is 0 Å². The van der Waals surface area contributed by atoms with Gasteiger partial charge in [-0.25, -0.2) is 0 Å². The molecular formula is C16H26N2Si. The quantitative estimate of drug-likeness (QED) is 0.847. The smallest absolute Gasteiger partial charge is 0.0775 e. The van der Waals surface area contributed by atoms with E-state index in [1.807, 2.05) is 0 Å². The minimum atomic E-state index is -1.14. The molecule has 2 fully saturated rings. The number of benzene rings is 1. The first kappa shape index (κ1) is 13.3. The Balaban J connectivity index is 1.62. The molecule has 0 aliphatic carbocycles. The lowest BCUT2D eigenvalue weighted by Crippen LogP contribution is -2.37. The van der Waals surface area contributed by atoms with E-state index in [4.69, 9.17) is 0 Å². The van der Waals surface area contributed by atoms with Crippen molar-refractivity contribution in [3.63, 3.8) is 0 Å². The molecule has 3 rings (SSSR count). The highest BCUT2D eigenvalue weighted by Gasteiger charge is 2.35. The van der Waals surface area contributed by atoms with Crippen LogP contribution in [-0.2, 0) is 6.54 Å². The second kappa shape index (κ2) is 5.04. The first-order valence-electron chi connectivity index (χ1n) is 7.55. The van der Waals surface area contributed by atoms with Crippen molar-refractivity contribution < 1.29 is 0 Å². The topological polar surface area (TPSA) is 15.3 Å². The Morgan fingerprint density at radius 2 is 1.63 bits per heavy atom. The molecule has 0 spiro atoms. The molecule has 0 saturated carbocycles. The molecule has 1 N–H and O–H groups in total. The highest BCUT2D eigenvalue weighted by molar-refractivity contribution is 6.88. The van der Waals surface area contributed by atoms with Crippen LogP contribution in [0.5, 0.6) is 0 Å². The molecule has 2 atom stereocenters. The first-order chi connectivity index (χ1) is 9.02. The first-order valence-corrected chi connectivity index (χ1v) is 11.0. The summed E-state index contributed by atoms with van der Waals surface area (Å²) in [6, 6.07) is 9.42. The van der Waals surface area contributed by atoms with E-state index in [2.05, 4.69) is 54.1 Å². The van der Waals surface area contributed by atoms with Gasteiger partial charge in [0.1, 0.15) is 0 Å². The summed E-state index contributed by atoms with van der Waals surface area (Å²) in [5, 5.41) is 5.08. The fourth-order valence-electron chi connectivity index (χ4n) is 3.45. The van der Waals surface area contributed by atoms with Gasteiger partial charge >= 0.3 is 0 Å². The zero-order valence-corrected chi connectivity index (χ0v) is 13.4. The molecule has 2 aliphatic rings. The normalized spacial score (nSPS) is 27.7. The summed E-state index contributed by atoms with van der Waals surface area (Å²) in [6.45, 7) is 13.4. The summed E-state index contributed by atoms with van der Waals surface area (Å²) in [6.07, 6.45) is 0. The number of nitrogens with one attached hydrogen (secondary N) is 1. The van der Waals surface area contributed by atoms with Crippen LogP contribution < -0.4 is 10.5 Å². The van der Waals surface area contributed by atoms with Crippen LogP contribution in [0.3, 0.4) is 0 Å². The van der Waals surface area contributed by atoms with Crippen molar-refractivity contribution in [2.45, 2.75) is 26.2 Å². The van der Waals surface area contributed by atoms with Gasteiger partial charge in [0.25, 0.3) is 0 Å². The third kappa shape index (κ3) is 2.93. The van der Waals surface area contributed by atoms with Gasteiger partial charge in [0, 0.05) is 19.6 Å². The maximum atomic E-state index is 3.51. The van der Waals surface area contributed by atoms with E-state index >= 15 is 0 Å². The zero-order chi connectivity index (χ0) is 13.5. The van der Waals surface area contributed by atoms with E-state index in [-0.39, 0.29) is 0 Å². The second-order valence-corrected chi connectivity index (χ2v) is 12.4. The van der Waals surface area contributed by atoms with Crippen molar-refractivity contribution >= 4 is 13.3 Å². The summed E-state index contributed by atoms with van der Waals surface area (Å²) in [7, 11) is -1.14. The molecule has 0 radical (unpaired) electrons. The second-order valence-electron chi connectivity index (χ2n) is 7.32. The van der Waals surface area contributed by atoms with Gasteiger partial charge in [0.05, 0.1) is 8.07 Å². The number of hydrogen-bond donors (Lipinski definition) is 1. The fraction of sp³-hybridized carbons (Fsp3) is 0.625. The third-order valence-electron chi connectivity index (χ3n) is 4.69. The lowest BCUT2D eigenvalue weighted by molar-refractivity contribution is 0.305. The Morgan fingerprint density at radius 1 is 1.05 bits per heavy atom. The van der Waals surface area contributed by atoms with Gasteiger partial charge in [-0.1, -0.05) is 49.1 Å². The van der Waals surface area contributed by atoms with Crippen molar-refractivity contribution in [3.05, 3.63) is 29.8 Å². The molecule has 0 bridgehead atoms. The lowest BCUT2D eigenvalue weighted by Gasteiger charge is -2.19. The van der Waals surface area contributed by atoms with Crippen LogP contribution in [0.1, 0.15) is 5.56 Å². The molecule has 2 heterocycles. The molecule has 1 aromatic rings.